The van der Waals surface area contributed by atoms with E-state index in [2.05, 4.69) is 46.5 Å². The Balaban J connectivity index is 1.46. The Morgan fingerprint density at radius 3 is 2.44 bits per heavy atom. The van der Waals surface area contributed by atoms with Crippen LogP contribution in [0, 0.1) is 13.8 Å². The van der Waals surface area contributed by atoms with Crippen molar-refractivity contribution in [2.45, 2.75) is 32.6 Å². The molecule has 7 nitrogen and oxygen atoms in total. The third-order valence-electron chi connectivity index (χ3n) is 5.12. The van der Waals surface area contributed by atoms with Gasteiger partial charge in [-0.1, -0.05) is 29.8 Å². The SMILES string of the molecule is Cc1ccc(-c2cc(C(=O)N3CCC(c4nnc(C)o4)CC3)nn2C)cc1. The van der Waals surface area contributed by atoms with Gasteiger partial charge in [0, 0.05) is 33.0 Å². The molecule has 140 valence electrons. The Kier molecular flexibility index (Phi) is 4.51. The van der Waals surface area contributed by atoms with Crippen molar-refractivity contribution in [1.82, 2.24) is 24.9 Å². The number of aryl methyl sites for hydroxylation is 3. The zero-order chi connectivity index (χ0) is 19.0. The lowest BCUT2D eigenvalue weighted by Crippen LogP contribution is -2.38. The molecule has 7 heteroatoms. The van der Waals surface area contributed by atoms with Crippen molar-refractivity contribution in [2.75, 3.05) is 13.1 Å². The van der Waals surface area contributed by atoms with E-state index in [-0.39, 0.29) is 11.8 Å². The topological polar surface area (TPSA) is 77.1 Å². The van der Waals surface area contributed by atoms with Crippen LogP contribution in [0.4, 0.5) is 0 Å². The molecule has 1 saturated heterocycles. The van der Waals surface area contributed by atoms with Gasteiger partial charge in [0.2, 0.25) is 11.8 Å². The van der Waals surface area contributed by atoms with Gasteiger partial charge in [0.15, 0.2) is 5.69 Å². The average Bonchev–Trinajstić information content (AvgIpc) is 3.28. The van der Waals surface area contributed by atoms with Crippen LogP contribution in [-0.4, -0.2) is 43.9 Å². The van der Waals surface area contributed by atoms with E-state index in [1.54, 1.807) is 11.6 Å². The largest absolute Gasteiger partial charge is 0.425 e. The molecular weight excluding hydrogens is 342 g/mol. The summed E-state index contributed by atoms with van der Waals surface area (Å²) in [6, 6.07) is 10.1. The van der Waals surface area contributed by atoms with Crippen molar-refractivity contribution in [3.05, 3.63) is 53.4 Å². The Hall–Kier alpha value is -2.96. The molecule has 3 aromatic rings. The number of amides is 1. The van der Waals surface area contributed by atoms with Gasteiger partial charge < -0.3 is 9.32 Å². The van der Waals surface area contributed by atoms with Crippen LogP contribution in [0.1, 0.15) is 46.6 Å². The lowest BCUT2D eigenvalue weighted by molar-refractivity contribution is 0.0699. The van der Waals surface area contributed by atoms with Gasteiger partial charge in [0.1, 0.15) is 0 Å². The molecule has 0 bridgehead atoms. The lowest BCUT2D eigenvalue weighted by Gasteiger charge is -2.29. The van der Waals surface area contributed by atoms with E-state index in [1.807, 2.05) is 18.0 Å². The van der Waals surface area contributed by atoms with Gasteiger partial charge in [0.05, 0.1) is 5.69 Å². The molecule has 1 aliphatic heterocycles. The molecule has 27 heavy (non-hydrogen) atoms. The molecule has 1 aliphatic rings. The molecule has 0 radical (unpaired) electrons. The second-order valence-electron chi connectivity index (χ2n) is 7.13. The summed E-state index contributed by atoms with van der Waals surface area (Å²) in [6.07, 6.45) is 1.65. The van der Waals surface area contributed by atoms with Crippen LogP contribution in [0.2, 0.25) is 0 Å². The third kappa shape index (κ3) is 3.49. The molecule has 0 aliphatic carbocycles. The van der Waals surface area contributed by atoms with E-state index >= 15 is 0 Å². The van der Waals surface area contributed by atoms with Crippen LogP contribution in [-0.2, 0) is 7.05 Å². The summed E-state index contributed by atoms with van der Waals surface area (Å²) in [4.78, 5) is 14.8. The van der Waals surface area contributed by atoms with Crippen LogP contribution in [0.5, 0.6) is 0 Å². The monoisotopic (exact) mass is 365 g/mol. The summed E-state index contributed by atoms with van der Waals surface area (Å²) in [5.74, 6) is 1.46. The summed E-state index contributed by atoms with van der Waals surface area (Å²) < 4.78 is 7.31. The van der Waals surface area contributed by atoms with Gasteiger partial charge in [-0.3, -0.25) is 9.48 Å². The van der Waals surface area contributed by atoms with E-state index in [4.69, 9.17) is 4.42 Å². The van der Waals surface area contributed by atoms with Crippen molar-refractivity contribution >= 4 is 5.91 Å². The minimum atomic E-state index is -0.0240. The van der Waals surface area contributed by atoms with E-state index in [0.717, 1.165) is 24.1 Å². The van der Waals surface area contributed by atoms with Crippen LogP contribution >= 0.6 is 0 Å². The first kappa shape index (κ1) is 17.5. The maximum absolute atomic E-state index is 12.9. The summed E-state index contributed by atoms with van der Waals surface area (Å²) in [6.45, 7) is 5.19. The first-order valence-electron chi connectivity index (χ1n) is 9.21. The van der Waals surface area contributed by atoms with Gasteiger partial charge in [0.25, 0.3) is 5.91 Å². The smallest absolute Gasteiger partial charge is 0.274 e. The Bertz CT molecular complexity index is 949. The predicted octanol–water partition coefficient (Wildman–Crippen LogP) is 3.11. The Morgan fingerprint density at radius 2 is 1.81 bits per heavy atom. The number of rotatable bonds is 3. The number of carbonyl (C=O) groups excluding carboxylic acids is 1. The molecule has 0 N–H and O–H groups in total. The van der Waals surface area contributed by atoms with Gasteiger partial charge in [-0.15, -0.1) is 10.2 Å². The molecule has 1 aromatic carbocycles. The number of aromatic nitrogens is 4. The average molecular weight is 365 g/mol. The second-order valence-corrected chi connectivity index (χ2v) is 7.13. The molecule has 0 unspecified atom stereocenters. The second kappa shape index (κ2) is 6.98. The fourth-order valence-electron chi connectivity index (χ4n) is 3.53. The minimum absolute atomic E-state index is 0.0240. The van der Waals surface area contributed by atoms with Crippen LogP contribution in [0.3, 0.4) is 0 Å². The molecular formula is C20H23N5O2. The third-order valence-corrected chi connectivity index (χ3v) is 5.12. The summed E-state index contributed by atoms with van der Waals surface area (Å²) in [5, 5.41) is 12.5. The van der Waals surface area contributed by atoms with E-state index in [9.17, 15) is 4.79 Å². The van der Waals surface area contributed by atoms with Crippen molar-refractivity contribution in [3.8, 4) is 11.3 Å². The highest BCUT2D eigenvalue weighted by molar-refractivity contribution is 5.93. The summed E-state index contributed by atoms with van der Waals surface area (Å²) >= 11 is 0. The summed E-state index contributed by atoms with van der Waals surface area (Å²) in [7, 11) is 1.87. The molecule has 4 rings (SSSR count). The quantitative estimate of drug-likeness (QED) is 0.713. The molecule has 1 amide bonds. The molecule has 0 spiro atoms. The van der Waals surface area contributed by atoms with Crippen LogP contribution in [0.25, 0.3) is 11.3 Å². The number of nitrogens with zero attached hydrogens (tertiary/aromatic N) is 5. The first-order valence-corrected chi connectivity index (χ1v) is 9.21. The summed E-state index contributed by atoms with van der Waals surface area (Å²) in [5.41, 5.74) is 3.69. The number of hydrogen-bond acceptors (Lipinski definition) is 5. The molecule has 1 fully saturated rings. The van der Waals surface area contributed by atoms with E-state index in [0.29, 0.717) is 30.6 Å². The molecule has 2 aromatic heterocycles. The molecule has 3 heterocycles. The fourth-order valence-corrected chi connectivity index (χ4v) is 3.53. The number of hydrogen-bond donors (Lipinski definition) is 0. The first-order chi connectivity index (χ1) is 13.0. The van der Waals surface area contributed by atoms with Crippen molar-refractivity contribution in [2.24, 2.45) is 7.05 Å². The zero-order valence-corrected chi connectivity index (χ0v) is 15.8. The van der Waals surface area contributed by atoms with E-state index in [1.165, 1.54) is 5.56 Å². The standard InChI is InChI=1S/C20H23N5O2/c1-13-4-6-15(7-5-13)18-12-17(23-24(18)3)20(26)25-10-8-16(9-11-25)19-22-21-14(2)27-19/h4-7,12,16H,8-11H2,1-3H3. The van der Waals surface area contributed by atoms with Gasteiger partial charge >= 0.3 is 0 Å². The van der Waals surface area contributed by atoms with Crippen LogP contribution in [0.15, 0.2) is 34.7 Å². The van der Waals surface area contributed by atoms with Gasteiger partial charge in [-0.05, 0) is 31.4 Å². The normalized spacial score (nSPS) is 15.3. The number of likely N-dealkylation sites (tertiary alicyclic amines) is 1. The fraction of sp³-hybridized carbons (Fsp3) is 0.400. The highest BCUT2D eigenvalue weighted by Crippen LogP contribution is 2.28. The van der Waals surface area contributed by atoms with Crippen molar-refractivity contribution in [1.29, 1.82) is 0 Å². The zero-order valence-electron chi connectivity index (χ0n) is 15.8. The lowest BCUT2D eigenvalue weighted by atomic mass is 9.96. The number of benzene rings is 1. The maximum Gasteiger partial charge on any atom is 0.274 e. The highest BCUT2D eigenvalue weighted by Gasteiger charge is 2.28. The van der Waals surface area contributed by atoms with Gasteiger partial charge in [-0.25, -0.2) is 0 Å². The predicted molar refractivity (Wildman–Crippen MR) is 100 cm³/mol. The Morgan fingerprint density at radius 1 is 1.11 bits per heavy atom. The van der Waals surface area contributed by atoms with E-state index < -0.39 is 0 Å². The maximum atomic E-state index is 12.9. The number of piperidine rings is 1. The minimum Gasteiger partial charge on any atom is -0.425 e. The van der Waals surface area contributed by atoms with Crippen molar-refractivity contribution < 1.29 is 9.21 Å². The molecule has 0 saturated carbocycles. The highest BCUT2D eigenvalue weighted by atomic mass is 16.4. The molecule has 0 atom stereocenters. The van der Waals surface area contributed by atoms with Crippen LogP contribution < -0.4 is 0 Å². The number of carbonyl (C=O) groups is 1. The van der Waals surface area contributed by atoms with Crippen molar-refractivity contribution in [3.63, 3.8) is 0 Å². The van der Waals surface area contributed by atoms with Gasteiger partial charge in [-0.2, -0.15) is 5.10 Å². The Labute approximate surface area is 158 Å².